The third kappa shape index (κ3) is 4.97. The molecule has 0 aliphatic rings. The molecule has 25 heavy (non-hydrogen) atoms. The molecule has 0 radical (unpaired) electrons. The minimum absolute atomic E-state index is 0.246. The van der Waals surface area contributed by atoms with Gasteiger partial charge < -0.3 is 15.8 Å². The second kappa shape index (κ2) is 8.03. The number of primary amides is 1. The topological polar surface area (TPSA) is 81.4 Å². The van der Waals surface area contributed by atoms with Gasteiger partial charge in [-0.15, -0.1) is 0 Å². The molecule has 0 saturated carbocycles. The average Bonchev–Trinajstić information content (AvgIpc) is 2.53. The lowest BCUT2D eigenvalue weighted by Crippen LogP contribution is -2.45. The highest BCUT2D eigenvalue weighted by atomic mass is 35.5. The molecule has 0 fully saturated rings. The molecule has 0 bridgehead atoms. The van der Waals surface area contributed by atoms with E-state index in [9.17, 15) is 9.59 Å². The molecule has 3 N–H and O–H groups in total. The molecule has 2 aromatic rings. The molecule has 6 heteroatoms. The Morgan fingerprint density at radius 2 is 1.80 bits per heavy atom. The molecular weight excluding hydrogens is 340 g/mol. The van der Waals surface area contributed by atoms with E-state index in [1.54, 1.807) is 30.3 Å². The van der Waals surface area contributed by atoms with Crippen molar-refractivity contribution in [3.63, 3.8) is 0 Å². The van der Waals surface area contributed by atoms with E-state index in [0.29, 0.717) is 16.3 Å². The molecule has 0 aromatic heterocycles. The van der Waals surface area contributed by atoms with Gasteiger partial charge in [-0.3, -0.25) is 9.59 Å². The van der Waals surface area contributed by atoms with E-state index in [2.05, 4.69) is 5.32 Å². The van der Waals surface area contributed by atoms with Crippen molar-refractivity contribution in [3.8, 4) is 5.75 Å². The van der Waals surface area contributed by atoms with E-state index in [1.807, 2.05) is 19.9 Å². The first-order chi connectivity index (χ1) is 11.8. The predicted octanol–water partition coefficient (Wildman–Crippen LogP) is 2.79. The van der Waals surface area contributed by atoms with Crippen LogP contribution in [0.5, 0.6) is 5.75 Å². The SMILES string of the molecule is COc1ccc(C[C@H](NC(=O)c2cc(C)cc(C)c2)C(N)=O)cc1Cl. The molecule has 0 unspecified atom stereocenters. The lowest BCUT2D eigenvalue weighted by Gasteiger charge is -2.17. The van der Waals surface area contributed by atoms with Crippen molar-refractivity contribution in [2.45, 2.75) is 26.3 Å². The van der Waals surface area contributed by atoms with Crippen LogP contribution in [0.1, 0.15) is 27.0 Å². The number of hydrogen-bond acceptors (Lipinski definition) is 3. The fraction of sp³-hybridized carbons (Fsp3) is 0.263. The molecule has 0 spiro atoms. The minimum Gasteiger partial charge on any atom is -0.495 e. The van der Waals surface area contributed by atoms with Crippen molar-refractivity contribution < 1.29 is 14.3 Å². The fourth-order valence-electron chi connectivity index (χ4n) is 2.64. The summed E-state index contributed by atoms with van der Waals surface area (Å²) >= 11 is 6.10. The molecular formula is C19H21ClN2O3. The number of methoxy groups -OCH3 is 1. The minimum atomic E-state index is -0.835. The third-order valence-electron chi connectivity index (χ3n) is 3.79. The van der Waals surface area contributed by atoms with Gasteiger partial charge in [-0.25, -0.2) is 0 Å². The zero-order valence-corrected chi connectivity index (χ0v) is 15.2. The van der Waals surface area contributed by atoms with Crippen molar-refractivity contribution >= 4 is 23.4 Å². The summed E-state index contributed by atoms with van der Waals surface area (Å²) in [5, 5.41) is 3.13. The van der Waals surface area contributed by atoms with Gasteiger partial charge >= 0.3 is 0 Å². The lowest BCUT2D eigenvalue weighted by atomic mass is 10.0. The summed E-state index contributed by atoms with van der Waals surface area (Å²) in [5.74, 6) is -0.403. The van der Waals surface area contributed by atoms with Crippen LogP contribution in [0.2, 0.25) is 5.02 Å². The molecule has 0 aliphatic carbocycles. The Balaban J connectivity index is 2.16. The molecule has 2 rings (SSSR count). The highest BCUT2D eigenvalue weighted by Crippen LogP contribution is 2.25. The molecule has 5 nitrogen and oxygen atoms in total. The maximum atomic E-state index is 12.5. The van der Waals surface area contributed by atoms with Crippen molar-refractivity contribution in [2.75, 3.05) is 7.11 Å². The Morgan fingerprint density at radius 1 is 1.16 bits per heavy atom. The Bertz CT molecular complexity index is 785. The summed E-state index contributed by atoms with van der Waals surface area (Å²) in [6.07, 6.45) is 0.246. The van der Waals surface area contributed by atoms with E-state index in [-0.39, 0.29) is 12.3 Å². The fourth-order valence-corrected chi connectivity index (χ4v) is 2.92. The Kier molecular flexibility index (Phi) is 6.04. The van der Waals surface area contributed by atoms with Crippen LogP contribution in [0.4, 0.5) is 0 Å². The zero-order chi connectivity index (χ0) is 18.6. The van der Waals surface area contributed by atoms with Crippen molar-refractivity contribution in [3.05, 3.63) is 63.7 Å². The summed E-state index contributed by atoms with van der Waals surface area (Å²) in [6, 6.07) is 9.86. The van der Waals surface area contributed by atoms with E-state index < -0.39 is 11.9 Å². The number of nitrogens with one attached hydrogen (secondary N) is 1. The van der Waals surface area contributed by atoms with Gasteiger partial charge in [0.25, 0.3) is 5.91 Å². The van der Waals surface area contributed by atoms with E-state index in [4.69, 9.17) is 22.1 Å². The van der Waals surface area contributed by atoms with Gasteiger partial charge in [0.1, 0.15) is 11.8 Å². The van der Waals surface area contributed by atoms with Crippen LogP contribution in [-0.4, -0.2) is 25.0 Å². The normalized spacial score (nSPS) is 11.7. The van der Waals surface area contributed by atoms with Gasteiger partial charge in [-0.05, 0) is 43.7 Å². The Morgan fingerprint density at radius 3 is 2.32 bits per heavy atom. The maximum absolute atomic E-state index is 12.5. The number of carbonyl (C=O) groups excluding carboxylic acids is 2. The smallest absolute Gasteiger partial charge is 0.251 e. The van der Waals surface area contributed by atoms with Gasteiger partial charge in [-0.2, -0.15) is 0 Å². The second-order valence-electron chi connectivity index (χ2n) is 5.98. The first-order valence-corrected chi connectivity index (χ1v) is 8.19. The van der Waals surface area contributed by atoms with Crippen LogP contribution in [-0.2, 0) is 11.2 Å². The Labute approximate surface area is 152 Å². The summed E-state index contributed by atoms with van der Waals surface area (Å²) in [7, 11) is 1.52. The number of nitrogens with two attached hydrogens (primary N) is 1. The number of rotatable bonds is 6. The first kappa shape index (κ1) is 18.8. The van der Waals surface area contributed by atoms with Crippen LogP contribution in [0.15, 0.2) is 36.4 Å². The van der Waals surface area contributed by atoms with Crippen LogP contribution >= 0.6 is 11.6 Å². The summed E-state index contributed by atoms with van der Waals surface area (Å²) in [4.78, 5) is 24.2. The number of amides is 2. The number of hydrogen-bond donors (Lipinski definition) is 2. The number of halogens is 1. The summed E-state index contributed by atoms with van der Waals surface area (Å²) in [5.41, 5.74) is 8.67. The number of benzene rings is 2. The highest BCUT2D eigenvalue weighted by molar-refractivity contribution is 6.32. The first-order valence-electron chi connectivity index (χ1n) is 7.81. The number of carbonyl (C=O) groups is 2. The monoisotopic (exact) mass is 360 g/mol. The molecule has 0 aliphatic heterocycles. The molecule has 0 heterocycles. The lowest BCUT2D eigenvalue weighted by molar-refractivity contribution is -0.119. The van der Waals surface area contributed by atoms with Gasteiger partial charge in [-0.1, -0.05) is 34.9 Å². The van der Waals surface area contributed by atoms with Gasteiger partial charge in [0.2, 0.25) is 5.91 Å². The average molecular weight is 361 g/mol. The van der Waals surface area contributed by atoms with Crippen LogP contribution in [0.25, 0.3) is 0 Å². The van der Waals surface area contributed by atoms with Gasteiger partial charge in [0, 0.05) is 12.0 Å². The standard InChI is InChI=1S/C19H21ClN2O3/c1-11-6-12(2)8-14(7-11)19(24)22-16(18(21)23)10-13-4-5-17(25-3)15(20)9-13/h4-9,16H,10H2,1-3H3,(H2,21,23)(H,22,24)/t16-/m0/s1. The number of ether oxygens (including phenoxy) is 1. The van der Waals surface area contributed by atoms with Crippen LogP contribution in [0.3, 0.4) is 0 Å². The molecule has 1 atom stereocenters. The molecule has 2 amide bonds. The summed E-state index contributed by atoms with van der Waals surface area (Å²) < 4.78 is 5.10. The quantitative estimate of drug-likeness (QED) is 0.831. The van der Waals surface area contributed by atoms with Crippen molar-refractivity contribution in [1.29, 1.82) is 0 Å². The van der Waals surface area contributed by atoms with Crippen LogP contribution in [0, 0.1) is 13.8 Å². The zero-order valence-electron chi connectivity index (χ0n) is 14.4. The number of aryl methyl sites for hydroxylation is 2. The van der Waals surface area contributed by atoms with Crippen molar-refractivity contribution in [2.24, 2.45) is 5.73 Å². The summed E-state index contributed by atoms with van der Waals surface area (Å²) in [6.45, 7) is 3.82. The van der Waals surface area contributed by atoms with Crippen LogP contribution < -0.4 is 15.8 Å². The van der Waals surface area contributed by atoms with E-state index >= 15 is 0 Å². The highest BCUT2D eigenvalue weighted by Gasteiger charge is 2.20. The second-order valence-corrected chi connectivity index (χ2v) is 6.39. The molecule has 0 saturated heterocycles. The molecule has 132 valence electrons. The maximum Gasteiger partial charge on any atom is 0.251 e. The predicted molar refractivity (Wildman–Crippen MR) is 98.1 cm³/mol. The van der Waals surface area contributed by atoms with Crippen molar-refractivity contribution in [1.82, 2.24) is 5.32 Å². The molecule has 2 aromatic carbocycles. The van der Waals surface area contributed by atoms with Gasteiger partial charge in [0.05, 0.1) is 12.1 Å². The Hall–Kier alpha value is -2.53. The third-order valence-corrected chi connectivity index (χ3v) is 4.08. The van der Waals surface area contributed by atoms with E-state index in [0.717, 1.165) is 16.7 Å². The largest absolute Gasteiger partial charge is 0.495 e. The van der Waals surface area contributed by atoms with Gasteiger partial charge in [0.15, 0.2) is 0 Å². The van der Waals surface area contributed by atoms with E-state index in [1.165, 1.54) is 7.11 Å².